The van der Waals surface area contributed by atoms with Crippen LogP contribution in [0.1, 0.15) is 38.2 Å². The number of nitrogens with one attached hydrogen (secondary N) is 1. The normalized spacial score (nSPS) is 26.9. The van der Waals surface area contributed by atoms with Gasteiger partial charge in [0, 0.05) is 23.7 Å². The first kappa shape index (κ1) is 14.4. The monoisotopic (exact) mass is 288 g/mol. The van der Waals surface area contributed by atoms with Gasteiger partial charge < -0.3 is 15.8 Å². The van der Waals surface area contributed by atoms with E-state index >= 15 is 0 Å². The Morgan fingerprint density at radius 2 is 2.24 bits per heavy atom. The maximum atomic E-state index is 12.4. The van der Waals surface area contributed by atoms with Gasteiger partial charge in [0.15, 0.2) is 0 Å². The van der Waals surface area contributed by atoms with Crippen LogP contribution < -0.4 is 15.8 Å². The van der Waals surface area contributed by atoms with Crippen LogP contribution in [0.3, 0.4) is 0 Å². The number of carbonyl (C=O) groups is 1. The van der Waals surface area contributed by atoms with Crippen molar-refractivity contribution in [2.75, 3.05) is 11.9 Å². The second-order valence-corrected chi connectivity index (χ2v) is 6.23. The molecule has 0 radical (unpaired) electrons. The van der Waals surface area contributed by atoms with Crippen LogP contribution in [0.4, 0.5) is 5.69 Å². The molecule has 0 saturated heterocycles. The highest BCUT2D eigenvalue weighted by Crippen LogP contribution is 2.48. The van der Waals surface area contributed by atoms with Crippen molar-refractivity contribution in [2.45, 2.75) is 39.2 Å². The fourth-order valence-corrected chi connectivity index (χ4v) is 3.91. The zero-order chi connectivity index (χ0) is 14.8. The van der Waals surface area contributed by atoms with Crippen LogP contribution in [0.15, 0.2) is 18.2 Å². The highest BCUT2D eigenvalue weighted by Gasteiger charge is 2.42. The second kappa shape index (κ2) is 6.06. The van der Waals surface area contributed by atoms with E-state index < -0.39 is 0 Å². The topological polar surface area (TPSA) is 64.3 Å². The number of hydrogen-bond donors (Lipinski definition) is 2. The summed E-state index contributed by atoms with van der Waals surface area (Å²) in [4.78, 5) is 12.4. The maximum Gasteiger partial charge on any atom is 0.227 e. The van der Waals surface area contributed by atoms with Gasteiger partial charge in [0.25, 0.3) is 0 Å². The molecular formula is C17H24N2O2. The highest BCUT2D eigenvalue weighted by molar-refractivity contribution is 5.93. The molecule has 1 aromatic carbocycles. The Bertz CT molecular complexity index is 530. The van der Waals surface area contributed by atoms with Crippen LogP contribution >= 0.6 is 0 Å². The lowest BCUT2D eigenvalue weighted by atomic mass is 9.88. The Morgan fingerprint density at radius 3 is 2.86 bits per heavy atom. The summed E-state index contributed by atoms with van der Waals surface area (Å²) >= 11 is 0. The molecule has 4 heteroatoms. The highest BCUT2D eigenvalue weighted by atomic mass is 16.5. The van der Waals surface area contributed by atoms with E-state index in [0.717, 1.165) is 29.3 Å². The lowest BCUT2D eigenvalue weighted by Crippen LogP contribution is -2.27. The van der Waals surface area contributed by atoms with Crippen LogP contribution in [-0.2, 0) is 11.3 Å². The molecule has 2 aliphatic carbocycles. The third-order valence-corrected chi connectivity index (χ3v) is 4.92. The average Bonchev–Trinajstić information content (AvgIpc) is 3.11. The Labute approximate surface area is 126 Å². The van der Waals surface area contributed by atoms with E-state index in [2.05, 4.69) is 5.32 Å². The third-order valence-electron chi connectivity index (χ3n) is 4.92. The van der Waals surface area contributed by atoms with E-state index in [1.54, 1.807) is 0 Å². The Balaban J connectivity index is 1.68. The number of fused-ring (bicyclic) bond motifs is 2. The predicted octanol–water partition coefficient (Wildman–Crippen LogP) is 2.92. The van der Waals surface area contributed by atoms with Crippen LogP contribution in [0.25, 0.3) is 0 Å². The molecule has 2 saturated carbocycles. The molecule has 3 atom stereocenters. The predicted molar refractivity (Wildman–Crippen MR) is 83.1 cm³/mol. The summed E-state index contributed by atoms with van der Waals surface area (Å²) in [6, 6.07) is 5.72. The molecule has 1 aromatic rings. The minimum atomic E-state index is 0.175. The molecule has 21 heavy (non-hydrogen) atoms. The third kappa shape index (κ3) is 2.91. The smallest absolute Gasteiger partial charge is 0.227 e. The minimum absolute atomic E-state index is 0.175. The fourth-order valence-electron chi connectivity index (χ4n) is 3.91. The zero-order valence-corrected chi connectivity index (χ0v) is 12.6. The molecule has 114 valence electrons. The number of hydrogen-bond acceptors (Lipinski definition) is 3. The van der Waals surface area contributed by atoms with Crippen LogP contribution in [0.5, 0.6) is 5.75 Å². The number of rotatable bonds is 5. The van der Waals surface area contributed by atoms with Gasteiger partial charge in [-0.2, -0.15) is 0 Å². The molecule has 0 aromatic heterocycles. The first-order chi connectivity index (χ1) is 10.2. The van der Waals surface area contributed by atoms with Gasteiger partial charge in [-0.3, -0.25) is 4.79 Å². The first-order valence-electron chi connectivity index (χ1n) is 7.98. The summed E-state index contributed by atoms with van der Waals surface area (Å²) in [7, 11) is 0. The van der Waals surface area contributed by atoms with Gasteiger partial charge in [-0.05, 0) is 56.2 Å². The van der Waals surface area contributed by atoms with Crippen molar-refractivity contribution >= 4 is 11.6 Å². The van der Waals surface area contributed by atoms with E-state index in [9.17, 15) is 4.79 Å². The van der Waals surface area contributed by atoms with E-state index in [1.807, 2.05) is 25.1 Å². The summed E-state index contributed by atoms with van der Waals surface area (Å²) in [5.41, 5.74) is 7.52. The van der Waals surface area contributed by atoms with E-state index in [-0.39, 0.29) is 11.8 Å². The number of nitrogens with two attached hydrogens (primary N) is 1. The molecule has 2 aliphatic rings. The van der Waals surface area contributed by atoms with Crippen molar-refractivity contribution in [1.29, 1.82) is 0 Å². The molecule has 3 unspecified atom stereocenters. The molecule has 0 aliphatic heterocycles. The number of benzene rings is 1. The molecule has 0 heterocycles. The van der Waals surface area contributed by atoms with Gasteiger partial charge in [-0.25, -0.2) is 0 Å². The van der Waals surface area contributed by atoms with Crippen molar-refractivity contribution in [3.05, 3.63) is 23.8 Å². The Kier molecular flexibility index (Phi) is 4.15. The van der Waals surface area contributed by atoms with Crippen molar-refractivity contribution in [3.8, 4) is 5.75 Å². The first-order valence-corrected chi connectivity index (χ1v) is 7.98. The number of carbonyl (C=O) groups excluding carboxylic acids is 1. The summed E-state index contributed by atoms with van der Waals surface area (Å²) in [6.07, 6.45) is 4.85. The van der Waals surface area contributed by atoms with Crippen LogP contribution in [0.2, 0.25) is 0 Å². The largest absolute Gasteiger partial charge is 0.494 e. The summed E-state index contributed by atoms with van der Waals surface area (Å²) in [5, 5.41) is 3.06. The van der Waals surface area contributed by atoms with Crippen molar-refractivity contribution < 1.29 is 9.53 Å². The summed E-state index contributed by atoms with van der Waals surface area (Å²) in [6.45, 7) is 2.97. The molecule has 2 bridgehead atoms. The second-order valence-electron chi connectivity index (χ2n) is 6.23. The van der Waals surface area contributed by atoms with Crippen molar-refractivity contribution in [1.82, 2.24) is 0 Å². The Hall–Kier alpha value is -1.55. The van der Waals surface area contributed by atoms with Crippen LogP contribution in [-0.4, -0.2) is 12.5 Å². The van der Waals surface area contributed by atoms with Gasteiger partial charge >= 0.3 is 0 Å². The SMILES string of the molecule is CCOc1ccc(NC(=O)C2CC3CCC2C3)cc1CN. The number of ether oxygens (including phenoxy) is 1. The van der Waals surface area contributed by atoms with Crippen molar-refractivity contribution in [3.63, 3.8) is 0 Å². The number of anilines is 1. The molecule has 3 N–H and O–H groups in total. The van der Waals surface area contributed by atoms with Gasteiger partial charge in [0.1, 0.15) is 5.75 Å². The zero-order valence-electron chi connectivity index (χ0n) is 12.6. The van der Waals surface area contributed by atoms with E-state index in [1.165, 1.54) is 19.3 Å². The summed E-state index contributed by atoms with van der Waals surface area (Å²) in [5.74, 6) is 2.57. The minimum Gasteiger partial charge on any atom is -0.494 e. The van der Waals surface area contributed by atoms with E-state index in [4.69, 9.17) is 10.5 Å². The summed E-state index contributed by atoms with van der Waals surface area (Å²) < 4.78 is 5.54. The van der Waals surface area contributed by atoms with Gasteiger partial charge in [-0.15, -0.1) is 0 Å². The maximum absolute atomic E-state index is 12.4. The lowest BCUT2D eigenvalue weighted by molar-refractivity contribution is -0.121. The standard InChI is InChI=1S/C17H24N2O2/c1-2-21-16-6-5-14(9-13(16)10-18)19-17(20)15-8-11-3-4-12(15)7-11/h5-6,9,11-12,15H,2-4,7-8,10,18H2,1H3,(H,19,20). The molecule has 3 rings (SSSR count). The lowest BCUT2D eigenvalue weighted by Gasteiger charge is -2.21. The molecule has 0 spiro atoms. The number of amides is 1. The van der Waals surface area contributed by atoms with Crippen LogP contribution in [0, 0.1) is 17.8 Å². The van der Waals surface area contributed by atoms with Crippen molar-refractivity contribution in [2.24, 2.45) is 23.5 Å². The average molecular weight is 288 g/mol. The Morgan fingerprint density at radius 1 is 1.38 bits per heavy atom. The van der Waals surface area contributed by atoms with Gasteiger partial charge in [-0.1, -0.05) is 6.42 Å². The molecule has 4 nitrogen and oxygen atoms in total. The fraction of sp³-hybridized carbons (Fsp3) is 0.588. The quantitative estimate of drug-likeness (QED) is 0.875. The molecular weight excluding hydrogens is 264 g/mol. The van der Waals surface area contributed by atoms with Gasteiger partial charge in [0.05, 0.1) is 6.61 Å². The molecule has 2 fully saturated rings. The van der Waals surface area contributed by atoms with E-state index in [0.29, 0.717) is 19.1 Å². The van der Waals surface area contributed by atoms with Gasteiger partial charge in [0.2, 0.25) is 5.91 Å². The molecule has 1 amide bonds.